The van der Waals surface area contributed by atoms with Crippen molar-refractivity contribution in [1.82, 2.24) is 0 Å². The van der Waals surface area contributed by atoms with Crippen LogP contribution in [-0.2, 0) is 11.3 Å². The van der Waals surface area contributed by atoms with E-state index in [1.165, 1.54) is 0 Å². The minimum atomic E-state index is -0.470. The summed E-state index contributed by atoms with van der Waals surface area (Å²) in [6.45, 7) is 2.26. The molecule has 2 rings (SSSR count). The molecule has 1 aromatic heterocycles. The number of benzene rings is 1. The van der Waals surface area contributed by atoms with Gasteiger partial charge in [0, 0.05) is 12.1 Å². The van der Waals surface area contributed by atoms with Gasteiger partial charge in [-0.05, 0) is 19.1 Å². The van der Waals surface area contributed by atoms with E-state index in [-0.39, 0.29) is 13.2 Å². The van der Waals surface area contributed by atoms with Crippen LogP contribution in [0, 0.1) is 11.3 Å². The molecule has 0 aliphatic carbocycles. The van der Waals surface area contributed by atoms with E-state index in [4.69, 9.17) is 15.2 Å². The van der Waals surface area contributed by atoms with Gasteiger partial charge in [-0.25, -0.2) is 4.79 Å². The molecule has 1 aromatic carbocycles. The molecule has 120 valence electrons. The Labute approximate surface area is 138 Å². The summed E-state index contributed by atoms with van der Waals surface area (Å²) < 4.78 is 10.3. The van der Waals surface area contributed by atoms with E-state index in [0.717, 1.165) is 17.0 Å². The number of carbonyl (C=O) groups excluding carboxylic acids is 1. The predicted molar refractivity (Wildman–Crippen MR) is 89.7 cm³/mol. The summed E-state index contributed by atoms with van der Waals surface area (Å²) in [5, 5.41) is 12.8. The molecule has 0 amide bonds. The number of nitriles is 1. The number of rotatable bonds is 6. The van der Waals surface area contributed by atoms with Crippen LogP contribution in [-0.4, -0.2) is 19.7 Å². The zero-order valence-corrected chi connectivity index (χ0v) is 13.7. The molecule has 23 heavy (non-hydrogen) atoms. The topological polar surface area (TPSA) is 97.4 Å². The van der Waals surface area contributed by atoms with E-state index in [2.05, 4.69) is 11.4 Å². The van der Waals surface area contributed by atoms with E-state index < -0.39 is 5.97 Å². The number of esters is 1. The number of hydrogen-bond donors (Lipinski definition) is 2. The molecule has 2 aromatic rings. The Morgan fingerprint density at radius 2 is 2.17 bits per heavy atom. The van der Waals surface area contributed by atoms with E-state index in [1.807, 2.05) is 24.3 Å². The van der Waals surface area contributed by atoms with Crippen LogP contribution in [0.2, 0.25) is 0 Å². The number of nitrogen functional groups attached to an aromatic ring is 1. The van der Waals surface area contributed by atoms with Gasteiger partial charge < -0.3 is 20.5 Å². The predicted octanol–water partition coefficient (Wildman–Crippen LogP) is 3.00. The molecule has 0 saturated carbocycles. The van der Waals surface area contributed by atoms with Crippen molar-refractivity contribution in [2.75, 3.05) is 24.8 Å². The Kier molecular flexibility index (Phi) is 5.44. The lowest BCUT2D eigenvalue weighted by molar-refractivity contribution is 0.0531. The number of ether oxygens (including phenoxy) is 2. The third kappa shape index (κ3) is 3.55. The maximum absolute atomic E-state index is 12.1. The summed E-state index contributed by atoms with van der Waals surface area (Å²) in [5.41, 5.74) is 7.46. The molecule has 3 N–H and O–H groups in total. The fourth-order valence-corrected chi connectivity index (χ4v) is 3.04. The fraction of sp³-hybridized carbons (Fsp3) is 0.250. The Balaban J connectivity index is 2.31. The SMILES string of the molecule is CCOC(=O)c1sc(N)c(C#N)c1CNc1ccccc1OC. The lowest BCUT2D eigenvalue weighted by Gasteiger charge is -2.11. The standard InChI is InChI=1S/C16H17N3O3S/c1-3-22-16(20)14-11(10(8-17)15(18)23-14)9-19-12-6-4-5-7-13(12)21-2/h4-7,19H,3,9,18H2,1-2H3. The molecule has 0 atom stereocenters. The van der Waals surface area contributed by atoms with Crippen LogP contribution in [0.1, 0.15) is 27.7 Å². The monoisotopic (exact) mass is 331 g/mol. The first-order chi connectivity index (χ1) is 11.1. The molecule has 6 nitrogen and oxygen atoms in total. The van der Waals surface area contributed by atoms with E-state index >= 15 is 0 Å². The van der Waals surface area contributed by atoms with Crippen LogP contribution in [0.4, 0.5) is 10.7 Å². The van der Waals surface area contributed by atoms with Gasteiger partial charge in [-0.2, -0.15) is 5.26 Å². The summed E-state index contributed by atoms with van der Waals surface area (Å²) in [7, 11) is 1.58. The van der Waals surface area contributed by atoms with Crippen molar-refractivity contribution in [2.24, 2.45) is 0 Å². The first-order valence-electron chi connectivity index (χ1n) is 6.97. The van der Waals surface area contributed by atoms with E-state index in [9.17, 15) is 10.1 Å². The van der Waals surface area contributed by atoms with Crippen molar-refractivity contribution in [3.05, 3.63) is 40.3 Å². The van der Waals surface area contributed by atoms with Crippen molar-refractivity contribution in [1.29, 1.82) is 5.26 Å². The number of anilines is 2. The lowest BCUT2D eigenvalue weighted by Crippen LogP contribution is -2.09. The highest BCUT2D eigenvalue weighted by Crippen LogP contribution is 2.32. The molecular weight excluding hydrogens is 314 g/mol. The number of nitrogens with one attached hydrogen (secondary N) is 1. The fourth-order valence-electron chi connectivity index (χ4n) is 2.11. The molecule has 0 aliphatic heterocycles. The van der Waals surface area contributed by atoms with Crippen molar-refractivity contribution < 1.29 is 14.3 Å². The van der Waals surface area contributed by atoms with Crippen LogP contribution < -0.4 is 15.8 Å². The van der Waals surface area contributed by atoms with Gasteiger partial charge in [-0.3, -0.25) is 0 Å². The highest BCUT2D eigenvalue weighted by atomic mass is 32.1. The highest BCUT2D eigenvalue weighted by molar-refractivity contribution is 7.18. The Morgan fingerprint density at radius 1 is 1.43 bits per heavy atom. The van der Waals surface area contributed by atoms with Crippen molar-refractivity contribution in [3.8, 4) is 11.8 Å². The Hall–Kier alpha value is -2.72. The Morgan fingerprint density at radius 3 is 2.83 bits per heavy atom. The molecule has 0 aliphatic rings. The normalized spacial score (nSPS) is 9.96. The number of thiophene rings is 1. The molecule has 7 heteroatoms. The van der Waals surface area contributed by atoms with Crippen molar-refractivity contribution in [2.45, 2.75) is 13.5 Å². The molecule has 0 radical (unpaired) electrons. The molecule has 0 saturated heterocycles. The third-order valence-corrected chi connectivity index (χ3v) is 4.21. The largest absolute Gasteiger partial charge is 0.495 e. The summed E-state index contributed by atoms with van der Waals surface area (Å²) in [6.07, 6.45) is 0. The summed E-state index contributed by atoms with van der Waals surface area (Å²) in [5.74, 6) is 0.203. The first-order valence-corrected chi connectivity index (χ1v) is 7.79. The van der Waals surface area contributed by atoms with Gasteiger partial charge in [0.25, 0.3) is 0 Å². The van der Waals surface area contributed by atoms with Crippen molar-refractivity contribution >= 4 is 28.0 Å². The molecular formula is C16H17N3O3S. The maximum Gasteiger partial charge on any atom is 0.348 e. The van der Waals surface area contributed by atoms with Gasteiger partial charge in [0.15, 0.2) is 0 Å². The molecule has 0 unspecified atom stereocenters. The first kappa shape index (κ1) is 16.6. The van der Waals surface area contributed by atoms with Gasteiger partial charge in [0.1, 0.15) is 21.7 Å². The van der Waals surface area contributed by atoms with E-state index in [0.29, 0.717) is 26.8 Å². The second kappa shape index (κ2) is 7.51. The molecule has 1 heterocycles. The average Bonchev–Trinajstić information content (AvgIpc) is 2.89. The van der Waals surface area contributed by atoms with Gasteiger partial charge in [0.2, 0.25) is 0 Å². The number of carbonyl (C=O) groups is 1. The average molecular weight is 331 g/mol. The maximum atomic E-state index is 12.1. The van der Waals surface area contributed by atoms with Crippen LogP contribution in [0.25, 0.3) is 0 Å². The van der Waals surface area contributed by atoms with E-state index in [1.54, 1.807) is 14.0 Å². The molecule has 0 fully saturated rings. The number of hydrogen-bond acceptors (Lipinski definition) is 7. The van der Waals surface area contributed by atoms with Crippen molar-refractivity contribution in [3.63, 3.8) is 0 Å². The zero-order valence-electron chi connectivity index (χ0n) is 12.9. The minimum absolute atomic E-state index is 0.262. The van der Waals surface area contributed by atoms with Gasteiger partial charge in [0.05, 0.1) is 25.0 Å². The number of nitrogens with two attached hydrogens (primary N) is 1. The highest BCUT2D eigenvalue weighted by Gasteiger charge is 2.22. The zero-order chi connectivity index (χ0) is 16.8. The summed E-state index contributed by atoms with van der Waals surface area (Å²) in [4.78, 5) is 12.4. The number of nitrogens with zero attached hydrogens (tertiary/aromatic N) is 1. The van der Waals surface area contributed by atoms with Gasteiger partial charge in [-0.15, -0.1) is 11.3 Å². The lowest BCUT2D eigenvalue weighted by atomic mass is 10.1. The van der Waals surface area contributed by atoms with Crippen LogP contribution in [0.15, 0.2) is 24.3 Å². The second-order valence-electron chi connectivity index (χ2n) is 4.54. The second-order valence-corrected chi connectivity index (χ2v) is 5.59. The summed E-state index contributed by atoms with van der Waals surface area (Å²) in [6, 6.07) is 9.45. The quantitative estimate of drug-likeness (QED) is 0.790. The summed E-state index contributed by atoms with van der Waals surface area (Å²) >= 11 is 1.07. The van der Waals surface area contributed by atoms with Gasteiger partial charge in [-0.1, -0.05) is 12.1 Å². The van der Waals surface area contributed by atoms with Crippen LogP contribution >= 0.6 is 11.3 Å². The minimum Gasteiger partial charge on any atom is -0.495 e. The molecule has 0 bridgehead atoms. The Bertz CT molecular complexity index is 750. The third-order valence-electron chi connectivity index (χ3n) is 3.17. The molecule has 0 spiro atoms. The van der Waals surface area contributed by atoms with Crippen LogP contribution in [0.5, 0.6) is 5.75 Å². The number of methoxy groups -OCH3 is 1. The number of para-hydroxylation sites is 2. The smallest absolute Gasteiger partial charge is 0.348 e. The van der Waals surface area contributed by atoms with Crippen LogP contribution in [0.3, 0.4) is 0 Å². The van der Waals surface area contributed by atoms with Gasteiger partial charge >= 0.3 is 5.97 Å².